The summed E-state index contributed by atoms with van der Waals surface area (Å²) in [5, 5.41) is 13.6. The van der Waals surface area contributed by atoms with Gasteiger partial charge in [0.05, 0.1) is 33.3 Å². The van der Waals surface area contributed by atoms with Crippen molar-refractivity contribution < 1.29 is 0 Å². The summed E-state index contributed by atoms with van der Waals surface area (Å²) < 4.78 is 4.99. The fourth-order valence-corrected chi connectivity index (χ4v) is 10.0. The van der Waals surface area contributed by atoms with Crippen LogP contribution in [-0.4, -0.2) is 19.1 Å². The molecule has 0 saturated heterocycles. The third-order valence-corrected chi connectivity index (χ3v) is 12.4. The number of fused-ring (bicyclic) bond motifs is 16. The zero-order valence-corrected chi connectivity index (χ0v) is 32.4. The zero-order valence-electron chi connectivity index (χ0n) is 32.4. The van der Waals surface area contributed by atoms with Gasteiger partial charge in [-0.25, -0.2) is 9.97 Å². The smallest absolute Gasteiger partial charge is 0.160 e. The maximum absolute atomic E-state index is 5.30. The van der Waals surface area contributed by atoms with Gasteiger partial charge in [-0.15, -0.1) is 0 Å². The van der Waals surface area contributed by atoms with Crippen molar-refractivity contribution in [2.45, 2.75) is 0 Å². The second-order valence-electron chi connectivity index (χ2n) is 15.7. The largest absolute Gasteiger partial charge is 0.307 e. The molecule has 0 amide bonds. The molecule has 13 aromatic rings. The van der Waals surface area contributed by atoms with E-state index >= 15 is 0 Å². The van der Waals surface area contributed by atoms with Crippen LogP contribution in [0.4, 0.5) is 0 Å². The maximum Gasteiger partial charge on any atom is 0.160 e. The van der Waals surface area contributed by atoms with Gasteiger partial charge in [0.15, 0.2) is 5.82 Å². The summed E-state index contributed by atoms with van der Waals surface area (Å²) in [5.74, 6) is 0.696. The van der Waals surface area contributed by atoms with Gasteiger partial charge in [-0.1, -0.05) is 164 Å². The molecule has 0 bridgehead atoms. The third kappa shape index (κ3) is 4.61. The highest BCUT2D eigenvalue weighted by atomic mass is 15.0. The SMILES string of the molecule is c1ccc(-c2nc(-c3cccc(-n4c5ccccc5c5c6c7ccccc7c7ccccc7c6c6c7ccccc7n(-c7ccccc7)c6c54)c3)nc3ccccc23)cc1. The quantitative estimate of drug-likeness (QED) is 0.167. The molecule has 13 rings (SSSR count). The fraction of sp³-hybridized carbons (Fsp3) is 0. The van der Waals surface area contributed by atoms with Crippen molar-refractivity contribution in [3.8, 4) is 34.0 Å². The van der Waals surface area contributed by atoms with E-state index in [1.54, 1.807) is 0 Å². The summed E-state index contributed by atoms with van der Waals surface area (Å²) in [5.41, 5.74) is 10.7. The summed E-state index contributed by atoms with van der Waals surface area (Å²) in [6, 6.07) is 74.2. The van der Waals surface area contributed by atoms with E-state index in [1.165, 1.54) is 70.4 Å². The average Bonchev–Trinajstić information content (AvgIpc) is 3.85. The second kappa shape index (κ2) is 12.7. The van der Waals surface area contributed by atoms with E-state index in [9.17, 15) is 0 Å². The minimum atomic E-state index is 0.696. The predicted octanol–water partition coefficient (Wildman–Crippen LogP) is 14.6. The van der Waals surface area contributed by atoms with E-state index in [1.807, 2.05) is 6.07 Å². The highest BCUT2D eigenvalue weighted by Gasteiger charge is 2.27. The minimum Gasteiger partial charge on any atom is -0.307 e. The Morgan fingerprint density at radius 3 is 1.37 bits per heavy atom. The van der Waals surface area contributed by atoms with E-state index in [-0.39, 0.29) is 0 Å². The number of hydrogen-bond donors (Lipinski definition) is 0. The third-order valence-electron chi connectivity index (χ3n) is 12.4. The number of rotatable bonds is 4. The second-order valence-corrected chi connectivity index (χ2v) is 15.7. The molecule has 0 saturated carbocycles. The average molecular weight is 763 g/mol. The highest BCUT2D eigenvalue weighted by molar-refractivity contribution is 6.45. The van der Waals surface area contributed by atoms with Gasteiger partial charge in [0.1, 0.15) is 0 Å². The minimum absolute atomic E-state index is 0.696. The molecule has 0 unspecified atom stereocenters. The van der Waals surface area contributed by atoms with Crippen molar-refractivity contribution in [3.05, 3.63) is 206 Å². The summed E-state index contributed by atoms with van der Waals surface area (Å²) in [6.07, 6.45) is 0. The fourth-order valence-electron chi connectivity index (χ4n) is 10.0. The number of para-hydroxylation sites is 4. The molecule has 3 heterocycles. The van der Waals surface area contributed by atoms with Gasteiger partial charge in [0.2, 0.25) is 0 Å². The summed E-state index contributed by atoms with van der Waals surface area (Å²) in [4.78, 5) is 10.5. The molecule has 0 radical (unpaired) electrons. The van der Waals surface area contributed by atoms with Crippen LogP contribution in [0.25, 0.3) is 121 Å². The zero-order chi connectivity index (χ0) is 39.3. The van der Waals surface area contributed by atoms with Crippen LogP contribution in [0.3, 0.4) is 0 Å². The van der Waals surface area contributed by atoms with Crippen LogP contribution in [0.5, 0.6) is 0 Å². The normalized spacial score (nSPS) is 12.0. The summed E-state index contributed by atoms with van der Waals surface area (Å²) in [6.45, 7) is 0. The molecule has 0 atom stereocenters. The molecular formula is C56H34N4. The first-order chi connectivity index (χ1) is 29.8. The topological polar surface area (TPSA) is 35.6 Å². The lowest BCUT2D eigenvalue weighted by molar-refractivity contribution is 1.15. The van der Waals surface area contributed by atoms with E-state index in [4.69, 9.17) is 9.97 Å². The van der Waals surface area contributed by atoms with Crippen LogP contribution in [0.2, 0.25) is 0 Å². The molecule has 0 fully saturated rings. The Labute approximate surface area is 344 Å². The Kier molecular flexibility index (Phi) is 6.98. The molecule has 10 aromatic carbocycles. The standard InChI is InChI=1S/C56H34N4/c1-3-18-35(19-4-1)53-43-28-11-14-31-46(43)57-56(58-53)36-20-17-23-38(34-36)60-48-33-16-13-30-45(48)52-50-42-27-10-8-25-40(42)39-24-7-9-26-41(39)49(50)51-44-29-12-15-32-47(44)59(54(51)55(52)60)37-21-5-2-6-22-37/h1-34H. The van der Waals surface area contributed by atoms with E-state index in [0.717, 1.165) is 44.6 Å². The Hall–Kier alpha value is -8.08. The van der Waals surface area contributed by atoms with Crippen LogP contribution < -0.4 is 0 Å². The Morgan fingerprint density at radius 2 is 0.750 bits per heavy atom. The van der Waals surface area contributed by atoms with Crippen LogP contribution in [-0.2, 0) is 0 Å². The van der Waals surface area contributed by atoms with Crippen molar-refractivity contribution >= 4 is 86.8 Å². The van der Waals surface area contributed by atoms with E-state index in [0.29, 0.717) is 5.82 Å². The highest BCUT2D eigenvalue weighted by Crippen LogP contribution is 2.51. The Balaban J connectivity index is 1.24. The number of aromatic nitrogens is 4. The van der Waals surface area contributed by atoms with Crippen LogP contribution in [0, 0.1) is 0 Å². The summed E-state index contributed by atoms with van der Waals surface area (Å²) >= 11 is 0. The van der Waals surface area contributed by atoms with Crippen LogP contribution >= 0.6 is 0 Å². The van der Waals surface area contributed by atoms with Gasteiger partial charge in [-0.2, -0.15) is 0 Å². The lowest BCUT2D eigenvalue weighted by Crippen LogP contribution is -2.00. The van der Waals surface area contributed by atoms with Gasteiger partial charge >= 0.3 is 0 Å². The first-order valence-corrected chi connectivity index (χ1v) is 20.5. The maximum atomic E-state index is 5.30. The first kappa shape index (κ1) is 32.9. The lowest BCUT2D eigenvalue weighted by atomic mass is 9.89. The molecule has 0 aliphatic rings. The van der Waals surface area contributed by atoms with Crippen molar-refractivity contribution in [1.29, 1.82) is 0 Å². The Bertz CT molecular complexity index is 3880. The summed E-state index contributed by atoms with van der Waals surface area (Å²) in [7, 11) is 0. The van der Waals surface area contributed by atoms with Gasteiger partial charge in [-0.05, 0) is 64.0 Å². The van der Waals surface area contributed by atoms with Gasteiger partial charge < -0.3 is 9.13 Å². The molecule has 0 aliphatic heterocycles. The molecule has 278 valence electrons. The molecule has 3 aromatic heterocycles. The molecule has 0 aliphatic carbocycles. The molecule has 60 heavy (non-hydrogen) atoms. The van der Waals surface area contributed by atoms with Gasteiger partial charge in [-0.3, -0.25) is 0 Å². The molecule has 4 heteroatoms. The first-order valence-electron chi connectivity index (χ1n) is 20.5. The number of benzene rings is 10. The van der Waals surface area contributed by atoms with Crippen LogP contribution in [0.1, 0.15) is 0 Å². The van der Waals surface area contributed by atoms with Crippen molar-refractivity contribution in [1.82, 2.24) is 19.1 Å². The van der Waals surface area contributed by atoms with Crippen molar-refractivity contribution in [3.63, 3.8) is 0 Å². The van der Waals surface area contributed by atoms with E-state index in [2.05, 4.69) is 209 Å². The lowest BCUT2D eigenvalue weighted by Gasteiger charge is -2.17. The van der Waals surface area contributed by atoms with Gasteiger partial charge in [0, 0.05) is 60.2 Å². The molecule has 4 nitrogen and oxygen atoms in total. The predicted molar refractivity (Wildman–Crippen MR) is 252 cm³/mol. The Morgan fingerprint density at radius 1 is 0.300 bits per heavy atom. The van der Waals surface area contributed by atoms with Crippen LogP contribution in [0.15, 0.2) is 206 Å². The molecule has 0 N–H and O–H groups in total. The molecule has 0 spiro atoms. The van der Waals surface area contributed by atoms with E-state index < -0.39 is 0 Å². The molecular weight excluding hydrogens is 729 g/mol. The van der Waals surface area contributed by atoms with Crippen molar-refractivity contribution in [2.75, 3.05) is 0 Å². The van der Waals surface area contributed by atoms with Gasteiger partial charge in [0.25, 0.3) is 0 Å². The number of hydrogen-bond acceptors (Lipinski definition) is 2. The number of nitrogens with zero attached hydrogens (tertiary/aromatic N) is 4. The van der Waals surface area contributed by atoms with Crippen molar-refractivity contribution in [2.24, 2.45) is 0 Å². The monoisotopic (exact) mass is 762 g/mol.